The lowest BCUT2D eigenvalue weighted by molar-refractivity contribution is -0.139. The molecule has 4 N–H and O–H groups in total. The van der Waals surface area contributed by atoms with Crippen molar-refractivity contribution in [1.82, 2.24) is 20.2 Å². The summed E-state index contributed by atoms with van der Waals surface area (Å²) in [5.41, 5.74) is 6.52. The minimum absolute atomic E-state index is 0.0859. The molecule has 0 aliphatic carbocycles. The number of aromatic nitrogens is 2. The molecule has 0 bridgehead atoms. The molecule has 1 aromatic heterocycles. The standard InChI is InChI=1S/C28H31F3N6O3/c1-17(32)14-18-4-7-21(8-5-18)40-26-22(28(29,30)31)16-33-27(36-26)35-23-9-6-19(15-24(23)39-3)25(38)34-20-10-12-37(2)13-11-20/h4-9,15-16,20H,1,10-14,32H2,2-3H3,(H,34,38)(H,33,35,36). The maximum absolute atomic E-state index is 13.7. The van der Waals surface area contributed by atoms with Gasteiger partial charge in [0, 0.05) is 29.9 Å². The van der Waals surface area contributed by atoms with E-state index in [0.717, 1.165) is 31.5 Å². The summed E-state index contributed by atoms with van der Waals surface area (Å²) < 4.78 is 52.0. The summed E-state index contributed by atoms with van der Waals surface area (Å²) in [7, 11) is 3.47. The first kappa shape index (κ1) is 28.7. The summed E-state index contributed by atoms with van der Waals surface area (Å²) in [5, 5.41) is 5.90. The Kier molecular flexibility index (Phi) is 8.78. The third-order valence-electron chi connectivity index (χ3n) is 6.39. The van der Waals surface area contributed by atoms with E-state index >= 15 is 0 Å². The molecule has 2 heterocycles. The highest BCUT2D eigenvalue weighted by Crippen LogP contribution is 2.38. The summed E-state index contributed by atoms with van der Waals surface area (Å²) in [6.45, 7) is 5.46. The molecule has 2 aromatic carbocycles. The lowest BCUT2D eigenvalue weighted by Gasteiger charge is -2.29. The van der Waals surface area contributed by atoms with Crippen LogP contribution in [-0.2, 0) is 12.6 Å². The maximum Gasteiger partial charge on any atom is 0.423 e. The SMILES string of the molecule is C=C(N)Cc1ccc(Oc2nc(Nc3ccc(C(=O)NC4CCN(C)CC4)cc3OC)ncc2C(F)(F)F)cc1. The number of alkyl halides is 3. The van der Waals surface area contributed by atoms with E-state index in [1.807, 2.05) is 7.05 Å². The number of hydrogen-bond donors (Lipinski definition) is 3. The van der Waals surface area contributed by atoms with Crippen LogP contribution in [0.3, 0.4) is 0 Å². The van der Waals surface area contributed by atoms with Gasteiger partial charge in [-0.05, 0) is 68.9 Å². The first-order valence-electron chi connectivity index (χ1n) is 12.6. The van der Waals surface area contributed by atoms with Crippen LogP contribution in [0.1, 0.15) is 34.3 Å². The van der Waals surface area contributed by atoms with E-state index in [9.17, 15) is 18.0 Å². The first-order valence-corrected chi connectivity index (χ1v) is 12.6. The highest BCUT2D eigenvalue weighted by molar-refractivity contribution is 5.95. The lowest BCUT2D eigenvalue weighted by atomic mass is 10.0. The molecule has 0 saturated carbocycles. The zero-order valence-electron chi connectivity index (χ0n) is 22.2. The van der Waals surface area contributed by atoms with Gasteiger partial charge in [0.05, 0.1) is 12.8 Å². The van der Waals surface area contributed by atoms with Crippen molar-refractivity contribution in [3.05, 3.63) is 77.6 Å². The number of anilines is 2. The number of nitrogens with two attached hydrogens (primary N) is 1. The van der Waals surface area contributed by atoms with Gasteiger partial charge in [0.2, 0.25) is 11.8 Å². The highest BCUT2D eigenvalue weighted by Gasteiger charge is 2.36. The Morgan fingerprint density at radius 3 is 2.50 bits per heavy atom. The number of nitrogens with zero attached hydrogens (tertiary/aromatic N) is 3. The van der Waals surface area contributed by atoms with Crippen LogP contribution >= 0.6 is 0 Å². The minimum atomic E-state index is -4.74. The molecular weight excluding hydrogens is 525 g/mol. The second-order valence-corrected chi connectivity index (χ2v) is 9.58. The summed E-state index contributed by atoms with van der Waals surface area (Å²) in [6.07, 6.45) is -1.94. The van der Waals surface area contributed by atoms with E-state index in [0.29, 0.717) is 35.3 Å². The van der Waals surface area contributed by atoms with Gasteiger partial charge >= 0.3 is 6.18 Å². The number of amides is 1. The smallest absolute Gasteiger partial charge is 0.423 e. The van der Waals surface area contributed by atoms with Gasteiger partial charge in [-0.25, -0.2) is 4.98 Å². The Bertz CT molecular complexity index is 1360. The van der Waals surface area contributed by atoms with E-state index < -0.39 is 17.6 Å². The Labute approximate surface area is 230 Å². The number of carbonyl (C=O) groups excluding carboxylic acids is 1. The summed E-state index contributed by atoms with van der Waals surface area (Å²) in [4.78, 5) is 22.8. The van der Waals surface area contributed by atoms with Crippen molar-refractivity contribution in [3.8, 4) is 17.4 Å². The average Bonchev–Trinajstić information content (AvgIpc) is 2.90. The van der Waals surface area contributed by atoms with Crippen LogP contribution in [0.4, 0.5) is 24.8 Å². The second-order valence-electron chi connectivity index (χ2n) is 9.58. The highest BCUT2D eigenvalue weighted by atomic mass is 19.4. The van der Waals surface area contributed by atoms with Crippen molar-refractivity contribution in [2.24, 2.45) is 5.73 Å². The van der Waals surface area contributed by atoms with Crippen LogP contribution in [0.5, 0.6) is 17.4 Å². The zero-order chi connectivity index (χ0) is 28.9. The van der Waals surface area contributed by atoms with Crippen LogP contribution in [0, 0.1) is 0 Å². The number of ether oxygens (including phenoxy) is 2. The number of nitrogens with one attached hydrogen (secondary N) is 2. The molecule has 0 unspecified atom stereocenters. The molecule has 3 aromatic rings. The molecule has 1 aliphatic heterocycles. The van der Waals surface area contributed by atoms with Gasteiger partial charge in [0.25, 0.3) is 5.91 Å². The molecule has 9 nitrogen and oxygen atoms in total. The topological polar surface area (TPSA) is 115 Å². The van der Waals surface area contributed by atoms with Crippen molar-refractivity contribution in [1.29, 1.82) is 0 Å². The number of rotatable bonds is 9. The maximum atomic E-state index is 13.7. The normalized spacial score (nSPS) is 14.4. The Morgan fingerprint density at radius 2 is 1.88 bits per heavy atom. The number of halogens is 3. The average molecular weight is 557 g/mol. The third kappa shape index (κ3) is 7.41. The predicted octanol–water partition coefficient (Wildman–Crippen LogP) is 4.88. The fraction of sp³-hybridized carbons (Fsp3) is 0.321. The van der Waals surface area contributed by atoms with Gasteiger partial charge in [0.15, 0.2) is 0 Å². The van der Waals surface area contributed by atoms with Crippen LogP contribution in [0.2, 0.25) is 0 Å². The van der Waals surface area contributed by atoms with Crippen LogP contribution < -0.4 is 25.8 Å². The fourth-order valence-corrected chi connectivity index (χ4v) is 4.23. The monoisotopic (exact) mass is 556 g/mol. The van der Waals surface area contributed by atoms with Gasteiger partial charge in [-0.2, -0.15) is 18.2 Å². The molecule has 0 atom stereocenters. The molecule has 1 saturated heterocycles. The van der Waals surface area contributed by atoms with E-state index in [2.05, 4.69) is 32.1 Å². The lowest BCUT2D eigenvalue weighted by Crippen LogP contribution is -2.43. The third-order valence-corrected chi connectivity index (χ3v) is 6.39. The van der Waals surface area contributed by atoms with E-state index in [4.69, 9.17) is 15.2 Å². The summed E-state index contributed by atoms with van der Waals surface area (Å²) in [6, 6.07) is 11.2. The van der Waals surface area contributed by atoms with Crippen molar-refractivity contribution < 1.29 is 27.4 Å². The van der Waals surface area contributed by atoms with Gasteiger partial charge in [0.1, 0.15) is 17.1 Å². The quantitative estimate of drug-likeness (QED) is 0.342. The van der Waals surface area contributed by atoms with E-state index in [1.54, 1.807) is 30.3 Å². The van der Waals surface area contributed by atoms with Crippen molar-refractivity contribution in [2.45, 2.75) is 31.5 Å². The molecule has 1 fully saturated rings. The van der Waals surface area contributed by atoms with E-state index in [-0.39, 0.29) is 23.6 Å². The molecular formula is C28H31F3N6O3. The van der Waals surface area contributed by atoms with Gasteiger partial charge < -0.3 is 30.7 Å². The van der Waals surface area contributed by atoms with Crippen molar-refractivity contribution >= 4 is 17.5 Å². The number of benzene rings is 2. The Morgan fingerprint density at radius 1 is 1.18 bits per heavy atom. The molecule has 12 heteroatoms. The zero-order valence-corrected chi connectivity index (χ0v) is 22.2. The fourth-order valence-electron chi connectivity index (χ4n) is 4.23. The number of allylic oxidation sites excluding steroid dienone is 1. The first-order chi connectivity index (χ1) is 19.0. The van der Waals surface area contributed by atoms with Crippen molar-refractivity contribution in [3.63, 3.8) is 0 Å². The number of likely N-dealkylation sites (tertiary alicyclic amines) is 1. The van der Waals surface area contributed by atoms with Crippen LogP contribution in [-0.4, -0.2) is 54.1 Å². The van der Waals surface area contributed by atoms with Crippen LogP contribution in [0.25, 0.3) is 0 Å². The number of piperidine rings is 1. The molecule has 212 valence electrons. The predicted molar refractivity (Wildman–Crippen MR) is 145 cm³/mol. The van der Waals surface area contributed by atoms with Crippen molar-refractivity contribution in [2.75, 3.05) is 32.6 Å². The number of methoxy groups -OCH3 is 1. The number of hydrogen-bond acceptors (Lipinski definition) is 8. The molecule has 0 spiro atoms. The van der Waals surface area contributed by atoms with E-state index in [1.165, 1.54) is 19.2 Å². The molecule has 4 rings (SSSR count). The molecule has 40 heavy (non-hydrogen) atoms. The minimum Gasteiger partial charge on any atom is -0.495 e. The van der Waals surface area contributed by atoms with Crippen LogP contribution in [0.15, 0.2) is 60.9 Å². The Hall–Kier alpha value is -4.32. The van der Waals surface area contributed by atoms with Gasteiger partial charge in [-0.1, -0.05) is 18.7 Å². The molecule has 1 amide bonds. The molecule has 0 radical (unpaired) electrons. The number of carbonyl (C=O) groups is 1. The van der Waals surface area contributed by atoms with Gasteiger partial charge in [-0.3, -0.25) is 4.79 Å². The molecule has 1 aliphatic rings. The second kappa shape index (κ2) is 12.2. The summed E-state index contributed by atoms with van der Waals surface area (Å²) >= 11 is 0. The Balaban J connectivity index is 1.53. The largest absolute Gasteiger partial charge is 0.495 e. The summed E-state index contributed by atoms with van der Waals surface area (Å²) in [5.74, 6) is -0.615. The van der Waals surface area contributed by atoms with Gasteiger partial charge in [-0.15, -0.1) is 0 Å².